The van der Waals surface area contributed by atoms with Gasteiger partial charge < -0.3 is 10.2 Å². The molecule has 1 aromatic carbocycles. The monoisotopic (exact) mass is 316 g/mol. The van der Waals surface area contributed by atoms with Crippen molar-refractivity contribution in [2.45, 2.75) is 32.6 Å². The third kappa shape index (κ3) is 3.69. The van der Waals surface area contributed by atoms with Crippen LogP contribution in [0.15, 0.2) is 30.6 Å². The second-order valence-corrected chi connectivity index (χ2v) is 6.18. The SMILES string of the molecule is Cc1cc(Cl)ccc1Nc1cc(N2CCCCCC2)ncn1. The van der Waals surface area contributed by atoms with Crippen LogP contribution in [-0.4, -0.2) is 23.1 Å². The Morgan fingerprint density at radius 2 is 1.82 bits per heavy atom. The maximum Gasteiger partial charge on any atom is 0.135 e. The van der Waals surface area contributed by atoms with E-state index in [9.17, 15) is 0 Å². The number of aryl methyl sites for hydroxylation is 1. The molecule has 1 aliphatic rings. The van der Waals surface area contributed by atoms with Crippen LogP contribution in [0.1, 0.15) is 31.2 Å². The highest BCUT2D eigenvalue weighted by molar-refractivity contribution is 6.30. The van der Waals surface area contributed by atoms with Gasteiger partial charge >= 0.3 is 0 Å². The summed E-state index contributed by atoms with van der Waals surface area (Å²) in [6.07, 6.45) is 6.74. The second-order valence-electron chi connectivity index (χ2n) is 5.75. The van der Waals surface area contributed by atoms with Crippen molar-refractivity contribution in [3.05, 3.63) is 41.2 Å². The van der Waals surface area contributed by atoms with E-state index in [-0.39, 0.29) is 0 Å². The maximum absolute atomic E-state index is 6.00. The standard InChI is InChI=1S/C17H21ClN4/c1-13-10-14(18)6-7-15(13)21-16-11-17(20-12-19-16)22-8-4-2-3-5-9-22/h6-7,10-12H,2-5,8-9H2,1H3,(H,19,20,21). The third-order valence-electron chi connectivity index (χ3n) is 4.03. The summed E-state index contributed by atoms with van der Waals surface area (Å²) in [4.78, 5) is 11.1. The Bertz CT molecular complexity index is 636. The molecule has 0 unspecified atom stereocenters. The first kappa shape index (κ1) is 15.1. The van der Waals surface area contributed by atoms with Gasteiger partial charge in [-0.2, -0.15) is 0 Å². The number of halogens is 1. The van der Waals surface area contributed by atoms with E-state index in [1.807, 2.05) is 31.2 Å². The van der Waals surface area contributed by atoms with Crippen LogP contribution in [0.25, 0.3) is 0 Å². The molecule has 0 radical (unpaired) electrons. The Morgan fingerprint density at radius 3 is 2.55 bits per heavy atom. The van der Waals surface area contributed by atoms with Gasteiger partial charge in [-0.05, 0) is 43.5 Å². The van der Waals surface area contributed by atoms with Gasteiger partial charge in [0.15, 0.2) is 0 Å². The van der Waals surface area contributed by atoms with E-state index < -0.39 is 0 Å². The number of rotatable bonds is 3. The summed E-state index contributed by atoms with van der Waals surface area (Å²) in [6, 6.07) is 7.83. The molecular weight excluding hydrogens is 296 g/mol. The number of anilines is 3. The largest absolute Gasteiger partial charge is 0.356 e. The number of hydrogen-bond donors (Lipinski definition) is 1. The molecule has 0 saturated carbocycles. The Balaban J connectivity index is 1.78. The average Bonchev–Trinajstić information content (AvgIpc) is 2.80. The summed E-state index contributed by atoms with van der Waals surface area (Å²) in [5.41, 5.74) is 2.12. The number of hydrogen-bond acceptors (Lipinski definition) is 4. The van der Waals surface area contributed by atoms with Gasteiger partial charge in [-0.25, -0.2) is 9.97 Å². The van der Waals surface area contributed by atoms with Gasteiger partial charge in [-0.15, -0.1) is 0 Å². The molecule has 0 bridgehead atoms. The highest BCUT2D eigenvalue weighted by Crippen LogP contribution is 2.24. The van der Waals surface area contributed by atoms with Crippen LogP contribution in [0, 0.1) is 6.92 Å². The summed E-state index contributed by atoms with van der Waals surface area (Å²) >= 11 is 6.00. The van der Waals surface area contributed by atoms with E-state index in [2.05, 4.69) is 20.2 Å². The summed E-state index contributed by atoms with van der Waals surface area (Å²) in [5, 5.41) is 4.10. The molecule has 0 amide bonds. The molecule has 1 N–H and O–H groups in total. The zero-order valence-corrected chi connectivity index (χ0v) is 13.6. The predicted molar refractivity (Wildman–Crippen MR) is 92.2 cm³/mol. The molecule has 1 saturated heterocycles. The number of nitrogens with zero attached hydrogens (tertiary/aromatic N) is 3. The van der Waals surface area contributed by atoms with Gasteiger partial charge in [0, 0.05) is 29.9 Å². The van der Waals surface area contributed by atoms with Crippen molar-refractivity contribution in [1.82, 2.24) is 9.97 Å². The van der Waals surface area contributed by atoms with Crippen LogP contribution in [-0.2, 0) is 0 Å². The smallest absolute Gasteiger partial charge is 0.135 e. The Morgan fingerprint density at radius 1 is 1.05 bits per heavy atom. The number of aromatic nitrogens is 2. The average molecular weight is 317 g/mol. The lowest BCUT2D eigenvalue weighted by Gasteiger charge is -2.21. The van der Waals surface area contributed by atoms with Gasteiger partial charge in [0.1, 0.15) is 18.0 Å². The van der Waals surface area contributed by atoms with Crippen LogP contribution in [0.2, 0.25) is 5.02 Å². The molecule has 0 spiro atoms. The molecule has 2 heterocycles. The summed E-state index contributed by atoms with van der Waals surface area (Å²) in [5.74, 6) is 1.82. The van der Waals surface area contributed by atoms with Crippen molar-refractivity contribution >= 4 is 28.9 Å². The van der Waals surface area contributed by atoms with Gasteiger partial charge in [-0.1, -0.05) is 24.4 Å². The third-order valence-corrected chi connectivity index (χ3v) is 4.27. The van der Waals surface area contributed by atoms with E-state index in [0.717, 1.165) is 41.0 Å². The molecule has 0 aliphatic carbocycles. The minimum atomic E-state index is 0.746. The molecule has 116 valence electrons. The summed E-state index contributed by atoms with van der Waals surface area (Å²) in [6.45, 7) is 4.19. The Hall–Kier alpha value is -1.81. The topological polar surface area (TPSA) is 41.0 Å². The first-order valence-electron chi connectivity index (χ1n) is 7.82. The van der Waals surface area contributed by atoms with Crippen molar-refractivity contribution < 1.29 is 0 Å². The van der Waals surface area contributed by atoms with Crippen LogP contribution < -0.4 is 10.2 Å². The van der Waals surface area contributed by atoms with Crippen molar-refractivity contribution in [3.8, 4) is 0 Å². The number of benzene rings is 1. The van der Waals surface area contributed by atoms with Gasteiger partial charge in [0.2, 0.25) is 0 Å². The van der Waals surface area contributed by atoms with Crippen molar-refractivity contribution in [2.75, 3.05) is 23.3 Å². The van der Waals surface area contributed by atoms with Gasteiger partial charge in [0.25, 0.3) is 0 Å². The van der Waals surface area contributed by atoms with E-state index in [4.69, 9.17) is 11.6 Å². The van der Waals surface area contributed by atoms with E-state index in [1.54, 1.807) is 6.33 Å². The van der Waals surface area contributed by atoms with Crippen molar-refractivity contribution in [2.24, 2.45) is 0 Å². The normalized spacial score (nSPS) is 15.5. The minimum absolute atomic E-state index is 0.746. The van der Waals surface area contributed by atoms with Crippen molar-refractivity contribution in [1.29, 1.82) is 0 Å². The maximum atomic E-state index is 6.00. The zero-order valence-electron chi connectivity index (χ0n) is 12.8. The predicted octanol–water partition coefficient (Wildman–Crippen LogP) is 4.56. The Labute approximate surface area is 136 Å². The lowest BCUT2D eigenvalue weighted by molar-refractivity contribution is 0.726. The zero-order chi connectivity index (χ0) is 15.4. The first-order valence-corrected chi connectivity index (χ1v) is 8.20. The molecule has 2 aromatic rings. The molecule has 0 atom stereocenters. The van der Waals surface area contributed by atoms with Crippen LogP contribution in [0.4, 0.5) is 17.3 Å². The fourth-order valence-corrected chi connectivity index (χ4v) is 3.02. The quantitative estimate of drug-likeness (QED) is 0.901. The molecule has 1 aromatic heterocycles. The lowest BCUT2D eigenvalue weighted by atomic mass is 10.2. The van der Waals surface area contributed by atoms with E-state index >= 15 is 0 Å². The van der Waals surface area contributed by atoms with Gasteiger partial charge in [-0.3, -0.25) is 0 Å². The van der Waals surface area contributed by atoms with Crippen LogP contribution in [0.5, 0.6) is 0 Å². The van der Waals surface area contributed by atoms with E-state index in [1.165, 1.54) is 25.7 Å². The second kappa shape index (κ2) is 6.97. The molecule has 22 heavy (non-hydrogen) atoms. The molecule has 4 nitrogen and oxygen atoms in total. The summed E-state index contributed by atoms with van der Waals surface area (Å²) in [7, 11) is 0. The summed E-state index contributed by atoms with van der Waals surface area (Å²) < 4.78 is 0. The highest BCUT2D eigenvalue weighted by atomic mass is 35.5. The van der Waals surface area contributed by atoms with Crippen LogP contribution in [0.3, 0.4) is 0 Å². The van der Waals surface area contributed by atoms with E-state index in [0.29, 0.717) is 0 Å². The first-order chi connectivity index (χ1) is 10.7. The van der Waals surface area contributed by atoms with Crippen LogP contribution >= 0.6 is 11.6 Å². The van der Waals surface area contributed by atoms with Gasteiger partial charge in [0.05, 0.1) is 0 Å². The molecule has 1 aliphatic heterocycles. The van der Waals surface area contributed by atoms with Crippen molar-refractivity contribution in [3.63, 3.8) is 0 Å². The lowest BCUT2D eigenvalue weighted by Crippen LogP contribution is -2.25. The fourth-order valence-electron chi connectivity index (χ4n) is 2.79. The molecular formula is C17H21ClN4. The highest BCUT2D eigenvalue weighted by Gasteiger charge is 2.12. The number of nitrogens with one attached hydrogen (secondary N) is 1. The Kier molecular flexibility index (Phi) is 4.78. The fraction of sp³-hybridized carbons (Fsp3) is 0.412. The molecule has 5 heteroatoms. The minimum Gasteiger partial charge on any atom is -0.356 e. The molecule has 3 rings (SSSR count). The molecule has 1 fully saturated rings.